The fourth-order valence-corrected chi connectivity index (χ4v) is 3.90. The highest BCUT2D eigenvalue weighted by Gasteiger charge is 2.15. The van der Waals surface area contributed by atoms with Crippen LogP contribution in [0.5, 0.6) is 0 Å². The van der Waals surface area contributed by atoms with Gasteiger partial charge in [0.15, 0.2) is 5.57 Å². The van der Waals surface area contributed by atoms with E-state index in [2.05, 4.69) is 10.6 Å². The van der Waals surface area contributed by atoms with Crippen molar-refractivity contribution in [3.8, 4) is 6.07 Å². The van der Waals surface area contributed by atoms with Crippen molar-refractivity contribution in [1.82, 2.24) is 9.88 Å². The topological polar surface area (TPSA) is 113 Å². The van der Waals surface area contributed by atoms with Crippen LogP contribution in [0.25, 0.3) is 11.6 Å². The van der Waals surface area contributed by atoms with Crippen molar-refractivity contribution in [2.45, 2.75) is 33.2 Å². The maximum absolute atomic E-state index is 13.0. The molecule has 2 rings (SSSR count). The zero-order valence-corrected chi connectivity index (χ0v) is 18.7. The minimum Gasteiger partial charge on any atom is -0.383 e. The van der Waals surface area contributed by atoms with Crippen LogP contribution in [0.4, 0.5) is 5.69 Å². The average Bonchev–Trinajstić information content (AvgIpc) is 3.03. The van der Waals surface area contributed by atoms with E-state index in [1.807, 2.05) is 13.0 Å². The molecule has 9 heteroatoms. The number of carbonyl (C=O) groups excluding carboxylic acids is 2. The van der Waals surface area contributed by atoms with Gasteiger partial charge in [-0.1, -0.05) is 25.5 Å². The summed E-state index contributed by atoms with van der Waals surface area (Å²) in [5.41, 5.74) is 1.02. The molecule has 8 nitrogen and oxygen atoms in total. The fraction of sp³-hybridized carbons (Fsp3) is 0.364. The van der Waals surface area contributed by atoms with E-state index in [-0.39, 0.29) is 30.2 Å². The number of carbonyl (C=O) groups is 2. The van der Waals surface area contributed by atoms with Crippen molar-refractivity contribution in [3.05, 3.63) is 49.4 Å². The number of nitrogens with one attached hydrogen (secondary N) is 2. The van der Waals surface area contributed by atoms with E-state index in [4.69, 9.17) is 4.74 Å². The number of anilines is 1. The Morgan fingerprint density at radius 1 is 1.29 bits per heavy atom. The molecule has 1 aromatic carbocycles. The maximum atomic E-state index is 13.0. The van der Waals surface area contributed by atoms with Gasteiger partial charge in [-0.05, 0) is 30.2 Å². The second-order valence-electron chi connectivity index (χ2n) is 6.76. The molecule has 0 aliphatic carbocycles. The lowest BCUT2D eigenvalue weighted by molar-refractivity contribution is -0.116. The first-order valence-electron chi connectivity index (χ1n) is 9.91. The van der Waals surface area contributed by atoms with Gasteiger partial charge in [0.1, 0.15) is 10.7 Å². The van der Waals surface area contributed by atoms with Gasteiger partial charge in [-0.15, -0.1) is 11.3 Å². The van der Waals surface area contributed by atoms with Crippen LogP contribution >= 0.6 is 11.3 Å². The molecule has 2 N–H and O–H groups in total. The van der Waals surface area contributed by atoms with E-state index in [0.717, 1.165) is 29.7 Å². The molecule has 0 aliphatic rings. The van der Waals surface area contributed by atoms with Gasteiger partial charge in [0.2, 0.25) is 5.91 Å². The van der Waals surface area contributed by atoms with Gasteiger partial charge in [0, 0.05) is 26.3 Å². The Morgan fingerprint density at radius 2 is 2.00 bits per heavy atom. The van der Waals surface area contributed by atoms with Gasteiger partial charge in [-0.25, -0.2) is 0 Å². The molecule has 2 aromatic rings. The van der Waals surface area contributed by atoms with Crippen molar-refractivity contribution >= 4 is 40.5 Å². The van der Waals surface area contributed by atoms with Crippen LogP contribution in [0.1, 0.15) is 32.3 Å². The van der Waals surface area contributed by atoms with Crippen LogP contribution in [0.15, 0.2) is 29.1 Å². The summed E-state index contributed by atoms with van der Waals surface area (Å²) < 4.78 is 7.20. The Hall–Kier alpha value is -3.22. The highest BCUT2D eigenvalue weighted by molar-refractivity contribution is 7.07. The van der Waals surface area contributed by atoms with Gasteiger partial charge >= 0.3 is 0 Å². The first kappa shape index (κ1) is 24.1. The van der Waals surface area contributed by atoms with Crippen molar-refractivity contribution in [2.24, 2.45) is 0 Å². The molecular formula is C22H26N4O4S. The molecule has 164 valence electrons. The Bertz CT molecular complexity index is 1140. The molecule has 0 radical (unpaired) electrons. The van der Waals surface area contributed by atoms with E-state index in [1.54, 1.807) is 30.3 Å². The third-order valence-corrected chi connectivity index (χ3v) is 5.45. The number of rotatable bonds is 9. The van der Waals surface area contributed by atoms with Gasteiger partial charge < -0.3 is 15.4 Å². The maximum Gasteiger partial charge on any atom is 0.269 e. The lowest BCUT2D eigenvalue weighted by Gasteiger charge is -2.04. The van der Waals surface area contributed by atoms with Crippen LogP contribution in [-0.2, 0) is 20.9 Å². The summed E-state index contributed by atoms with van der Waals surface area (Å²) in [6.07, 6.45) is 3.42. The molecule has 0 spiro atoms. The van der Waals surface area contributed by atoms with Crippen molar-refractivity contribution < 1.29 is 14.3 Å². The van der Waals surface area contributed by atoms with E-state index in [0.29, 0.717) is 21.4 Å². The second-order valence-corrected chi connectivity index (χ2v) is 7.80. The molecule has 1 heterocycles. The molecule has 2 amide bonds. The number of hydrogen-bond acceptors (Lipinski definition) is 6. The molecule has 0 atom stereocenters. The number of benzene rings is 1. The minimum absolute atomic E-state index is 0.0880. The zero-order valence-electron chi connectivity index (χ0n) is 17.9. The summed E-state index contributed by atoms with van der Waals surface area (Å²) >= 11 is 1.10. The normalized spacial score (nSPS) is 12.3. The van der Waals surface area contributed by atoms with E-state index in [9.17, 15) is 19.6 Å². The Balaban J connectivity index is 2.55. The van der Waals surface area contributed by atoms with E-state index in [1.165, 1.54) is 18.6 Å². The third kappa shape index (κ3) is 6.64. The summed E-state index contributed by atoms with van der Waals surface area (Å²) in [7, 11) is 1.52. The predicted molar refractivity (Wildman–Crippen MR) is 121 cm³/mol. The number of aromatic nitrogens is 1. The summed E-state index contributed by atoms with van der Waals surface area (Å²) in [5, 5.41) is 15.0. The van der Waals surface area contributed by atoms with Crippen molar-refractivity contribution in [1.29, 1.82) is 5.26 Å². The number of methoxy groups -OCH3 is 1. The monoisotopic (exact) mass is 442 g/mol. The number of unbranched alkanes of at least 4 members (excludes halogenated alkanes) is 1. The first-order valence-corrected chi connectivity index (χ1v) is 10.7. The molecule has 0 aliphatic heterocycles. The van der Waals surface area contributed by atoms with Crippen LogP contribution in [0.2, 0.25) is 0 Å². The highest BCUT2D eigenvalue weighted by Crippen LogP contribution is 2.09. The molecule has 31 heavy (non-hydrogen) atoms. The zero-order chi connectivity index (χ0) is 22.8. The minimum atomic E-state index is -0.491. The number of nitriles is 1. The summed E-state index contributed by atoms with van der Waals surface area (Å²) in [4.78, 5) is 36.7. The second kappa shape index (κ2) is 11.8. The molecule has 1 aromatic heterocycles. The van der Waals surface area contributed by atoms with Gasteiger partial charge in [0.05, 0.1) is 17.7 Å². The molecule has 0 bridgehead atoms. The van der Waals surface area contributed by atoms with Gasteiger partial charge in [0.25, 0.3) is 11.5 Å². The van der Waals surface area contributed by atoms with E-state index < -0.39 is 5.91 Å². The molecular weight excluding hydrogens is 416 g/mol. The standard InChI is InChI=1S/C22H26N4O4S/c1-4-5-10-24-20(28)18(14-23)22-26(11-12-30-3)21(29)19(31-22)13-16-6-8-17(9-7-16)25-15(2)27/h6-9,13H,4-5,10-12H2,1-3H3,(H,24,28)(H,25,27)/b19-13-,22-18-. The van der Waals surface area contributed by atoms with E-state index >= 15 is 0 Å². The largest absolute Gasteiger partial charge is 0.383 e. The van der Waals surface area contributed by atoms with Gasteiger partial charge in [-0.2, -0.15) is 5.26 Å². The van der Waals surface area contributed by atoms with Crippen LogP contribution in [0.3, 0.4) is 0 Å². The van der Waals surface area contributed by atoms with Crippen LogP contribution in [-0.4, -0.2) is 36.6 Å². The molecule has 0 saturated heterocycles. The average molecular weight is 443 g/mol. The summed E-state index contributed by atoms with van der Waals surface area (Å²) in [6, 6.07) is 8.97. The van der Waals surface area contributed by atoms with Crippen molar-refractivity contribution in [2.75, 3.05) is 25.6 Å². The Labute approximate surface area is 184 Å². The summed E-state index contributed by atoms with van der Waals surface area (Å²) in [6.45, 7) is 4.40. The third-order valence-electron chi connectivity index (χ3n) is 4.32. The SMILES string of the molecule is CCCCNC(=O)/C(C#N)=c1\s/c(=C\c2ccc(NC(C)=O)cc2)c(=O)n1CCOC. The van der Waals surface area contributed by atoms with Crippen molar-refractivity contribution in [3.63, 3.8) is 0 Å². The lowest BCUT2D eigenvalue weighted by atomic mass is 10.2. The number of nitrogens with zero attached hydrogens (tertiary/aromatic N) is 2. The Kier molecular flexibility index (Phi) is 9.18. The number of thiazole rings is 1. The fourth-order valence-electron chi connectivity index (χ4n) is 2.77. The first-order chi connectivity index (χ1) is 14.9. The predicted octanol–water partition coefficient (Wildman–Crippen LogP) is 0.934. The number of hydrogen-bond donors (Lipinski definition) is 2. The Morgan fingerprint density at radius 3 is 2.58 bits per heavy atom. The van der Waals surface area contributed by atoms with Gasteiger partial charge in [-0.3, -0.25) is 19.0 Å². The highest BCUT2D eigenvalue weighted by atomic mass is 32.1. The molecule has 0 unspecified atom stereocenters. The summed E-state index contributed by atoms with van der Waals surface area (Å²) in [5.74, 6) is -0.660. The smallest absolute Gasteiger partial charge is 0.269 e. The lowest BCUT2D eigenvalue weighted by Crippen LogP contribution is -2.36. The number of ether oxygens (including phenoxy) is 1. The number of amides is 2. The quantitative estimate of drug-likeness (QED) is 0.561. The van der Waals surface area contributed by atoms with Crippen LogP contribution in [0, 0.1) is 11.3 Å². The van der Waals surface area contributed by atoms with Crippen LogP contribution < -0.4 is 25.4 Å². The molecule has 0 saturated carbocycles. The molecule has 0 fully saturated rings.